The van der Waals surface area contributed by atoms with Gasteiger partial charge >= 0.3 is 17.9 Å². The van der Waals surface area contributed by atoms with E-state index in [1.165, 1.54) is 96.3 Å². The number of carbonyl (C=O) groups excluding carboxylic acids is 3. The molecule has 0 aliphatic heterocycles. The maximum Gasteiger partial charge on any atom is 0.306 e. The maximum atomic E-state index is 12.8. The zero-order valence-electron chi connectivity index (χ0n) is 40.8. The summed E-state index contributed by atoms with van der Waals surface area (Å²) in [6.07, 6.45) is 66.7. The zero-order chi connectivity index (χ0) is 45.8. The van der Waals surface area contributed by atoms with Crippen LogP contribution in [-0.4, -0.2) is 37.2 Å². The molecule has 0 bridgehead atoms. The highest BCUT2D eigenvalue weighted by atomic mass is 16.6. The highest BCUT2D eigenvalue weighted by Crippen LogP contribution is 2.15. The van der Waals surface area contributed by atoms with E-state index in [0.717, 1.165) is 83.5 Å². The van der Waals surface area contributed by atoms with Crippen molar-refractivity contribution >= 4 is 17.9 Å². The van der Waals surface area contributed by atoms with Gasteiger partial charge in [-0.25, -0.2) is 0 Å². The average molecular weight is 875 g/mol. The first kappa shape index (κ1) is 59.3. The number of esters is 3. The van der Waals surface area contributed by atoms with E-state index in [1.54, 1.807) is 0 Å². The van der Waals surface area contributed by atoms with Crippen molar-refractivity contribution < 1.29 is 28.6 Å². The number of hydrogen-bond acceptors (Lipinski definition) is 6. The van der Waals surface area contributed by atoms with Gasteiger partial charge in [0.25, 0.3) is 0 Å². The summed E-state index contributed by atoms with van der Waals surface area (Å²) < 4.78 is 16.8. The standard InChI is InChI=1S/C57H94O6/c1-4-7-10-13-16-19-22-24-26-27-28-29-31-32-35-38-41-44-47-50-56(59)62-53-54(52-61-55(58)49-46-43-40-37-34-21-18-15-12-9-6-3)63-57(60)51-48-45-42-39-36-33-30-25-23-20-17-14-11-8-5-2/h7-8,10-11,14,16-17,19-20,23-26,30,33,36,54H,4-6,9,12-13,15,18,21-22,27-29,31-32,34-35,37-53H2,1-3H3/b10-7-,11-8-,17-14-,19-16-,23-20-,26-24-,30-25-,36-33-. The van der Waals surface area contributed by atoms with Gasteiger partial charge in [0.15, 0.2) is 6.10 Å². The number of ether oxygens (including phenoxy) is 3. The highest BCUT2D eigenvalue weighted by molar-refractivity contribution is 5.71. The lowest BCUT2D eigenvalue weighted by Crippen LogP contribution is -2.30. The summed E-state index contributed by atoms with van der Waals surface area (Å²) in [5, 5.41) is 0. The molecule has 0 spiro atoms. The lowest BCUT2D eigenvalue weighted by atomic mass is 10.1. The van der Waals surface area contributed by atoms with Crippen LogP contribution in [0.2, 0.25) is 0 Å². The van der Waals surface area contributed by atoms with Crippen LogP contribution >= 0.6 is 0 Å². The fourth-order valence-corrected chi connectivity index (χ4v) is 6.89. The van der Waals surface area contributed by atoms with E-state index in [4.69, 9.17) is 14.2 Å². The molecule has 0 radical (unpaired) electrons. The molecule has 0 aromatic rings. The Morgan fingerprint density at radius 1 is 0.349 bits per heavy atom. The molecule has 0 aromatic heterocycles. The topological polar surface area (TPSA) is 78.9 Å². The van der Waals surface area contributed by atoms with Crippen molar-refractivity contribution in [2.75, 3.05) is 13.2 Å². The monoisotopic (exact) mass is 875 g/mol. The van der Waals surface area contributed by atoms with Crippen molar-refractivity contribution in [3.63, 3.8) is 0 Å². The highest BCUT2D eigenvalue weighted by Gasteiger charge is 2.19. The minimum atomic E-state index is -0.800. The van der Waals surface area contributed by atoms with Crippen molar-refractivity contribution in [1.29, 1.82) is 0 Å². The minimum absolute atomic E-state index is 0.0959. The van der Waals surface area contributed by atoms with Crippen LogP contribution in [0.5, 0.6) is 0 Å². The molecule has 358 valence electrons. The molecule has 0 aliphatic carbocycles. The molecule has 0 fully saturated rings. The predicted octanol–water partition coefficient (Wildman–Crippen LogP) is 17.0. The van der Waals surface area contributed by atoms with E-state index in [1.807, 2.05) is 48.6 Å². The van der Waals surface area contributed by atoms with Crippen molar-refractivity contribution in [2.45, 2.75) is 232 Å². The van der Waals surface area contributed by atoms with Crippen molar-refractivity contribution in [3.05, 3.63) is 97.2 Å². The molecule has 0 aliphatic rings. The quantitative estimate of drug-likeness (QED) is 0.0199. The molecule has 0 saturated heterocycles. The van der Waals surface area contributed by atoms with Gasteiger partial charge < -0.3 is 14.2 Å². The van der Waals surface area contributed by atoms with Crippen LogP contribution in [0.25, 0.3) is 0 Å². The Hall–Kier alpha value is -3.67. The largest absolute Gasteiger partial charge is 0.462 e. The molecule has 0 aromatic carbocycles. The van der Waals surface area contributed by atoms with E-state index >= 15 is 0 Å². The second-order valence-electron chi connectivity index (χ2n) is 16.8. The molecule has 63 heavy (non-hydrogen) atoms. The fraction of sp³-hybridized carbons (Fsp3) is 0.667. The Morgan fingerprint density at radius 2 is 0.698 bits per heavy atom. The molecule has 0 saturated carbocycles. The number of unbranched alkanes of at least 4 members (excludes halogenated alkanes) is 22. The second-order valence-corrected chi connectivity index (χ2v) is 16.8. The molecule has 0 N–H and O–H groups in total. The number of allylic oxidation sites excluding steroid dienone is 16. The Bertz CT molecular complexity index is 1280. The number of hydrogen-bond donors (Lipinski definition) is 0. The summed E-state index contributed by atoms with van der Waals surface area (Å²) in [5.41, 5.74) is 0. The average Bonchev–Trinajstić information content (AvgIpc) is 3.28. The van der Waals surface area contributed by atoms with E-state index in [-0.39, 0.29) is 37.5 Å². The van der Waals surface area contributed by atoms with Gasteiger partial charge in [0.05, 0.1) is 0 Å². The van der Waals surface area contributed by atoms with Gasteiger partial charge in [-0.2, -0.15) is 0 Å². The van der Waals surface area contributed by atoms with Crippen LogP contribution in [0.15, 0.2) is 97.2 Å². The normalized spacial score (nSPS) is 12.9. The summed E-state index contributed by atoms with van der Waals surface area (Å²) in [6.45, 7) is 6.33. The van der Waals surface area contributed by atoms with Crippen LogP contribution in [0.3, 0.4) is 0 Å². The van der Waals surface area contributed by atoms with Crippen molar-refractivity contribution in [1.82, 2.24) is 0 Å². The van der Waals surface area contributed by atoms with E-state index < -0.39 is 6.10 Å². The Kier molecular flexibility index (Phi) is 48.0. The van der Waals surface area contributed by atoms with Gasteiger partial charge in [-0.3, -0.25) is 14.4 Å². The van der Waals surface area contributed by atoms with E-state index in [9.17, 15) is 14.4 Å². The Balaban J connectivity index is 4.43. The van der Waals surface area contributed by atoms with Gasteiger partial charge in [0.1, 0.15) is 13.2 Å². The maximum absolute atomic E-state index is 12.8. The smallest absolute Gasteiger partial charge is 0.306 e. The minimum Gasteiger partial charge on any atom is -0.462 e. The first-order chi connectivity index (χ1) is 31.0. The summed E-state index contributed by atoms with van der Waals surface area (Å²) in [6, 6.07) is 0. The van der Waals surface area contributed by atoms with Crippen LogP contribution in [0, 0.1) is 0 Å². The third-order valence-electron chi connectivity index (χ3n) is 10.7. The predicted molar refractivity (Wildman–Crippen MR) is 270 cm³/mol. The molecular formula is C57H94O6. The second kappa shape index (κ2) is 51.0. The van der Waals surface area contributed by atoms with Crippen molar-refractivity contribution in [2.24, 2.45) is 0 Å². The molecular weight excluding hydrogens is 781 g/mol. The molecule has 6 heteroatoms. The molecule has 0 heterocycles. The van der Waals surface area contributed by atoms with Gasteiger partial charge in [-0.05, 0) is 70.6 Å². The lowest BCUT2D eigenvalue weighted by Gasteiger charge is -2.18. The third-order valence-corrected chi connectivity index (χ3v) is 10.7. The van der Waals surface area contributed by atoms with Gasteiger partial charge in [-0.1, -0.05) is 234 Å². The first-order valence-electron chi connectivity index (χ1n) is 25.8. The SMILES string of the molecule is CC\C=C/C=C\C=C/C=C\C=C/CCCCCC(=O)OC(COC(=O)CCCCCCCCCCC/C=C\C/C=C\C/C=C\CC)COC(=O)CCCCCCCCCCCCC. The van der Waals surface area contributed by atoms with E-state index in [0.29, 0.717) is 19.3 Å². The Labute approximate surface area is 387 Å². The fourth-order valence-electron chi connectivity index (χ4n) is 6.89. The Morgan fingerprint density at radius 3 is 1.17 bits per heavy atom. The molecule has 1 atom stereocenters. The summed E-state index contributed by atoms with van der Waals surface area (Å²) in [4.78, 5) is 38.0. The van der Waals surface area contributed by atoms with Gasteiger partial charge in [0, 0.05) is 19.3 Å². The molecule has 6 nitrogen and oxygen atoms in total. The lowest BCUT2D eigenvalue weighted by molar-refractivity contribution is -0.167. The summed E-state index contributed by atoms with van der Waals surface area (Å²) in [5.74, 6) is -0.946. The number of carbonyl (C=O) groups is 3. The summed E-state index contributed by atoms with van der Waals surface area (Å²) in [7, 11) is 0. The van der Waals surface area contributed by atoms with E-state index in [2.05, 4.69) is 69.4 Å². The van der Waals surface area contributed by atoms with Gasteiger partial charge in [-0.15, -0.1) is 0 Å². The summed E-state index contributed by atoms with van der Waals surface area (Å²) >= 11 is 0. The van der Waals surface area contributed by atoms with Crippen LogP contribution in [0.1, 0.15) is 226 Å². The first-order valence-corrected chi connectivity index (χ1v) is 25.8. The molecule has 1 unspecified atom stereocenters. The molecule has 0 amide bonds. The zero-order valence-corrected chi connectivity index (χ0v) is 40.8. The van der Waals surface area contributed by atoms with Crippen LogP contribution in [-0.2, 0) is 28.6 Å². The van der Waals surface area contributed by atoms with Gasteiger partial charge in [0.2, 0.25) is 0 Å². The van der Waals surface area contributed by atoms with Crippen LogP contribution < -0.4 is 0 Å². The van der Waals surface area contributed by atoms with Crippen LogP contribution in [0.4, 0.5) is 0 Å². The van der Waals surface area contributed by atoms with Crippen molar-refractivity contribution in [3.8, 4) is 0 Å². The molecule has 0 rings (SSSR count). The third kappa shape index (κ3) is 49.2. The number of rotatable bonds is 45.